The largest absolute Gasteiger partial charge is 0.489 e. The van der Waals surface area contributed by atoms with Crippen molar-refractivity contribution in [3.05, 3.63) is 54.3 Å². The Bertz CT molecular complexity index is 1030. The van der Waals surface area contributed by atoms with E-state index < -0.39 is 28.0 Å². The molecule has 1 aliphatic rings. The second kappa shape index (κ2) is 10.8. The molecule has 0 bridgehead atoms. The number of amides is 2. The normalized spacial score (nSPS) is 16.7. The highest BCUT2D eigenvalue weighted by atomic mass is 32.2. The van der Waals surface area contributed by atoms with E-state index in [2.05, 4.69) is 15.5 Å². The zero-order valence-electron chi connectivity index (χ0n) is 18.3. The first-order chi connectivity index (χ1) is 15.2. The third-order valence-corrected chi connectivity index (χ3v) is 6.99. The Balaban J connectivity index is 1.56. The summed E-state index contributed by atoms with van der Waals surface area (Å²) in [6, 6.07) is 11.5. The third-order valence-electron chi connectivity index (χ3n) is 5.09. The van der Waals surface area contributed by atoms with Crippen molar-refractivity contribution >= 4 is 21.7 Å². The number of nitrogens with zero attached hydrogens (tertiary/aromatic N) is 2. The summed E-state index contributed by atoms with van der Waals surface area (Å²) >= 11 is 0. The van der Waals surface area contributed by atoms with Gasteiger partial charge < -0.3 is 20.3 Å². The first-order valence-electron chi connectivity index (χ1n) is 10.5. The van der Waals surface area contributed by atoms with Crippen LogP contribution in [-0.4, -0.2) is 69.5 Å². The number of hydrogen-bond donors (Lipinski definition) is 2. The van der Waals surface area contributed by atoms with Gasteiger partial charge >= 0.3 is 6.03 Å². The van der Waals surface area contributed by atoms with E-state index in [0.717, 1.165) is 13.0 Å². The van der Waals surface area contributed by atoms with Gasteiger partial charge in [-0.15, -0.1) is 0 Å². The van der Waals surface area contributed by atoms with Gasteiger partial charge in [0.25, 0.3) is 0 Å². The number of likely N-dealkylation sites (N-methyl/N-ethyl adjacent to an activating group) is 1. The summed E-state index contributed by atoms with van der Waals surface area (Å²) in [5, 5.41) is 5.31. The van der Waals surface area contributed by atoms with Crippen LogP contribution in [0.5, 0.6) is 5.75 Å². The minimum atomic E-state index is -3.65. The van der Waals surface area contributed by atoms with Gasteiger partial charge in [-0.3, -0.25) is 0 Å². The van der Waals surface area contributed by atoms with Gasteiger partial charge in [0.2, 0.25) is 10.0 Å². The maximum absolute atomic E-state index is 13.2. The van der Waals surface area contributed by atoms with Gasteiger partial charge in [-0.2, -0.15) is 4.31 Å². The van der Waals surface area contributed by atoms with Gasteiger partial charge in [0.1, 0.15) is 17.7 Å². The third kappa shape index (κ3) is 6.65. The summed E-state index contributed by atoms with van der Waals surface area (Å²) < 4.78 is 46.4. The van der Waals surface area contributed by atoms with E-state index in [-0.39, 0.29) is 11.4 Å². The molecule has 2 amide bonds. The second-order valence-corrected chi connectivity index (χ2v) is 9.75. The van der Waals surface area contributed by atoms with Gasteiger partial charge in [-0.1, -0.05) is 12.1 Å². The first kappa shape index (κ1) is 24.0. The number of urea groups is 1. The molecule has 0 spiro atoms. The Morgan fingerprint density at radius 2 is 1.91 bits per heavy atom. The topological polar surface area (TPSA) is 91.0 Å². The van der Waals surface area contributed by atoms with Gasteiger partial charge in [0.15, 0.2) is 0 Å². The Kier molecular flexibility index (Phi) is 8.05. The molecule has 1 saturated heterocycles. The minimum Gasteiger partial charge on any atom is -0.489 e. The molecular weight excluding hydrogens is 435 g/mol. The number of carbonyl (C=O) groups excluding carboxylic acids is 1. The molecule has 32 heavy (non-hydrogen) atoms. The van der Waals surface area contributed by atoms with Crippen LogP contribution in [0, 0.1) is 5.82 Å². The highest BCUT2D eigenvalue weighted by Crippen LogP contribution is 2.21. The standard InChI is InChI=1S/C22H29FN4O4S/c1-17(31-20-8-3-6-18(23)14-20)16-24-22(28)25-19-7-4-9-21(15-19)32(29,30)27-11-5-10-26(2)12-13-27/h3-4,6-9,14-15,17H,5,10-13,16H2,1-2H3,(H2,24,25,28). The van der Waals surface area contributed by atoms with Crippen molar-refractivity contribution in [3.8, 4) is 5.75 Å². The number of anilines is 1. The number of nitrogens with one attached hydrogen (secondary N) is 2. The molecule has 10 heteroatoms. The van der Waals surface area contributed by atoms with Crippen molar-refractivity contribution in [2.75, 3.05) is 45.1 Å². The van der Waals surface area contributed by atoms with E-state index in [4.69, 9.17) is 4.74 Å². The van der Waals surface area contributed by atoms with Crippen molar-refractivity contribution in [2.45, 2.75) is 24.3 Å². The first-order valence-corrected chi connectivity index (χ1v) is 11.9. The molecule has 8 nitrogen and oxygen atoms in total. The average Bonchev–Trinajstić information content (AvgIpc) is 2.97. The fraction of sp³-hybridized carbons (Fsp3) is 0.409. The zero-order chi connectivity index (χ0) is 23.1. The minimum absolute atomic E-state index is 0.141. The molecule has 1 fully saturated rings. The van der Waals surface area contributed by atoms with Crippen LogP contribution in [0.1, 0.15) is 13.3 Å². The number of rotatable bonds is 7. The molecule has 2 aromatic rings. The Hall–Kier alpha value is -2.69. The average molecular weight is 465 g/mol. The van der Waals surface area contributed by atoms with Crippen LogP contribution in [0.3, 0.4) is 0 Å². The lowest BCUT2D eigenvalue weighted by Crippen LogP contribution is -2.36. The SMILES string of the molecule is CC(CNC(=O)Nc1cccc(S(=O)(=O)N2CCCN(C)CC2)c1)Oc1cccc(F)c1. The quantitative estimate of drug-likeness (QED) is 0.658. The number of ether oxygens (including phenoxy) is 1. The fourth-order valence-corrected chi connectivity index (χ4v) is 4.89. The lowest BCUT2D eigenvalue weighted by atomic mass is 10.3. The highest BCUT2D eigenvalue weighted by molar-refractivity contribution is 7.89. The maximum atomic E-state index is 13.2. The molecule has 1 aliphatic heterocycles. The van der Waals surface area contributed by atoms with Gasteiger partial charge in [0.05, 0.1) is 11.4 Å². The lowest BCUT2D eigenvalue weighted by Gasteiger charge is -2.20. The molecule has 0 radical (unpaired) electrons. The highest BCUT2D eigenvalue weighted by Gasteiger charge is 2.26. The molecule has 1 heterocycles. The monoisotopic (exact) mass is 464 g/mol. The van der Waals surface area contributed by atoms with Gasteiger partial charge in [-0.05, 0) is 57.3 Å². The number of hydrogen-bond acceptors (Lipinski definition) is 5. The summed E-state index contributed by atoms with van der Waals surface area (Å²) in [6.07, 6.45) is 0.377. The van der Waals surface area contributed by atoms with Crippen LogP contribution >= 0.6 is 0 Å². The number of sulfonamides is 1. The van der Waals surface area contributed by atoms with Crippen LogP contribution in [0.25, 0.3) is 0 Å². The molecule has 0 aliphatic carbocycles. The number of halogens is 1. The van der Waals surface area contributed by atoms with Crippen molar-refractivity contribution in [2.24, 2.45) is 0 Å². The Morgan fingerprint density at radius 3 is 2.69 bits per heavy atom. The summed E-state index contributed by atoms with van der Waals surface area (Å²) in [5.41, 5.74) is 0.370. The van der Waals surface area contributed by atoms with E-state index in [1.54, 1.807) is 31.2 Å². The summed E-state index contributed by atoms with van der Waals surface area (Å²) in [4.78, 5) is 14.5. The van der Waals surface area contributed by atoms with Crippen molar-refractivity contribution in [3.63, 3.8) is 0 Å². The Labute approximate surface area is 188 Å². The zero-order valence-corrected chi connectivity index (χ0v) is 19.1. The molecule has 0 saturated carbocycles. The van der Waals surface area contributed by atoms with Gasteiger partial charge in [-0.25, -0.2) is 17.6 Å². The van der Waals surface area contributed by atoms with E-state index in [1.165, 1.54) is 28.6 Å². The summed E-state index contributed by atoms with van der Waals surface area (Å²) in [7, 11) is -1.67. The van der Waals surface area contributed by atoms with Crippen LogP contribution in [0.2, 0.25) is 0 Å². The molecule has 3 rings (SSSR count). The van der Waals surface area contributed by atoms with E-state index >= 15 is 0 Å². The Morgan fingerprint density at radius 1 is 1.12 bits per heavy atom. The number of benzene rings is 2. The fourth-order valence-electron chi connectivity index (χ4n) is 3.37. The lowest BCUT2D eigenvalue weighted by molar-refractivity contribution is 0.211. The van der Waals surface area contributed by atoms with Crippen molar-refractivity contribution < 1.29 is 22.3 Å². The number of carbonyl (C=O) groups is 1. The van der Waals surface area contributed by atoms with Gasteiger partial charge in [0, 0.05) is 31.4 Å². The summed E-state index contributed by atoms with van der Waals surface area (Å²) in [5.74, 6) is -0.0280. The summed E-state index contributed by atoms with van der Waals surface area (Å²) in [6.45, 7) is 4.36. The molecular formula is C22H29FN4O4S. The second-order valence-electron chi connectivity index (χ2n) is 7.81. The van der Waals surface area contributed by atoms with E-state index in [9.17, 15) is 17.6 Å². The predicted octanol–water partition coefficient (Wildman–Crippen LogP) is 2.74. The molecule has 1 atom stereocenters. The molecule has 2 N–H and O–H groups in total. The maximum Gasteiger partial charge on any atom is 0.319 e. The van der Waals surface area contributed by atoms with Crippen LogP contribution < -0.4 is 15.4 Å². The van der Waals surface area contributed by atoms with Crippen molar-refractivity contribution in [1.29, 1.82) is 0 Å². The van der Waals surface area contributed by atoms with Crippen LogP contribution in [0.15, 0.2) is 53.4 Å². The molecule has 2 aromatic carbocycles. The van der Waals surface area contributed by atoms with Crippen molar-refractivity contribution in [1.82, 2.24) is 14.5 Å². The van der Waals surface area contributed by atoms with Crippen LogP contribution in [0.4, 0.5) is 14.9 Å². The molecule has 0 aromatic heterocycles. The van der Waals surface area contributed by atoms with Crippen LogP contribution in [-0.2, 0) is 10.0 Å². The van der Waals surface area contributed by atoms with E-state index in [0.29, 0.717) is 31.1 Å². The predicted molar refractivity (Wildman–Crippen MR) is 121 cm³/mol. The smallest absolute Gasteiger partial charge is 0.319 e. The molecule has 174 valence electrons. The van der Waals surface area contributed by atoms with E-state index in [1.807, 2.05) is 7.05 Å². The molecule has 1 unspecified atom stereocenters.